The number of rotatable bonds is 1. The minimum Gasteiger partial charge on any atom is -0.392 e. The van der Waals surface area contributed by atoms with Crippen molar-refractivity contribution in [3.63, 3.8) is 0 Å². The molecule has 1 rings (SSSR count). The first kappa shape index (κ1) is 7.58. The molecule has 0 aliphatic rings. The quantitative estimate of drug-likeness (QED) is 0.661. The van der Waals surface area contributed by atoms with E-state index in [-0.39, 0.29) is 6.61 Å². The van der Waals surface area contributed by atoms with E-state index in [4.69, 9.17) is 16.7 Å². The van der Waals surface area contributed by atoms with E-state index in [9.17, 15) is 0 Å². The average Bonchev–Trinajstić information content (AvgIpc) is 1.94. The van der Waals surface area contributed by atoms with Crippen molar-refractivity contribution in [1.29, 1.82) is 0 Å². The zero-order valence-corrected chi connectivity index (χ0v) is 6.52. The summed E-state index contributed by atoms with van der Waals surface area (Å²) in [6.45, 7) is 2.01. The number of aryl methyl sites for hydroxylation is 1. The Morgan fingerprint density at radius 2 is 2.20 bits per heavy atom. The lowest BCUT2D eigenvalue weighted by Crippen LogP contribution is -1.86. The molecule has 0 saturated carbocycles. The molecule has 0 amide bonds. The molecule has 0 aromatic heterocycles. The van der Waals surface area contributed by atoms with Gasteiger partial charge in [-0.05, 0) is 30.2 Å². The fraction of sp³-hybridized carbons (Fsp3) is 0.250. The maximum absolute atomic E-state index is 8.78. The Labute approximate surface area is 65.3 Å². The molecule has 0 aliphatic heterocycles. The lowest BCUT2D eigenvalue weighted by Gasteiger charge is -2.00. The molecule has 1 N–H and O–H groups in total. The van der Waals surface area contributed by atoms with Crippen molar-refractivity contribution in [3.05, 3.63) is 34.3 Å². The van der Waals surface area contributed by atoms with Crippen molar-refractivity contribution in [3.8, 4) is 0 Å². The maximum atomic E-state index is 8.78. The van der Waals surface area contributed by atoms with Crippen LogP contribution in [0.4, 0.5) is 0 Å². The highest BCUT2D eigenvalue weighted by Gasteiger charge is 1.95. The Morgan fingerprint density at radius 3 is 2.70 bits per heavy atom. The van der Waals surface area contributed by atoms with Crippen LogP contribution in [0.5, 0.6) is 0 Å². The zero-order chi connectivity index (χ0) is 7.56. The van der Waals surface area contributed by atoms with Gasteiger partial charge in [0, 0.05) is 5.02 Å². The first-order chi connectivity index (χ1) is 4.74. The van der Waals surface area contributed by atoms with E-state index in [1.54, 1.807) is 6.07 Å². The van der Waals surface area contributed by atoms with Crippen LogP contribution in [0.2, 0.25) is 5.02 Å². The Morgan fingerprint density at radius 1 is 1.50 bits per heavy atom. The molecule has 0 fully saturated rings. The van der Waals surface area contributed by atoms with E-state index in [1.807, 2.05) is 19.1 Å². The molecule has 0 spiro atoms. The predicted molar refractivity (Wildman–Crippen MR) is 42.1 cm³/mol. The number of aliphatic hydroxyl groups is 1. The van der Waals surface area contributed by atoms with Crippen LogP contribution in [-0.4, -0.2) is 5.11 Å². The van der Waals surface area contributed by atoms with E-state index >= 15 is 0 Å². The Hall–Kier alpha value is -0.530. The van der Waals surface area contributed by atoms with Gasteiger partial charge in [0.25, 0.3) is 0 Å². The normalized spacial score (nSPS) is 9.90. The predicted octanol–water partition coefficient (Wildman–Crippen LogP) is 2.14. The van der Waals surface area contributed by atoms with Crippen LogP contribution in [0.3, 0.4) is 0 Å². The van der Waals surface area contributed by atoms with Crippen LogP contribution < -0.4 is 0 Å². The number of hydrogen-bond donors (Lipinski definition) is 1. The molecule has 0 bridgehead atoms. The molecule has 0 saturated heterocycles. The lowest BCUT2D eigenvalue weighted by atomic mass is 10.1. The summed E-state index contributed by atoms with van der Waals surface area (Å²) in [5.41, 5.74) is 1.97. The highest BCUT2D eigenvalue weighted by Crippen LogP contribution is 2.14. The molecular formula is C8H9ClO. The number of halogens is 1. The summed E-state index contributed by atoms with van der Waals surface area (Å²) in [5.74, 6) is 0. The molecule has 1 nitrogen and oxygen atoms in total. The lowest BCUT2D eigenvalue weighted by molar-refractivity contribution is 0.281. The van der Waals surface area contributed by atoms with Crippen molar-refractivity contribution in [2.45, 2.75) is 13.5 Å². The van der Waals surface area contributed by atoms with E-state index < -0.39 is 0 Å². The second-order valence-electron chi connectivity index (χ2n) is 2.23. The second kappa shape index (κ2) is 3.04. The third kappa shape index (κ3) is 1.49. The summed E-state index contributed by atoms with van der Waals surface area (Å²) in [4.78, 5) is 0. The van der Waals surface area contributed by atoms with Crippen LogP contribution in [0.1, 0.15) is 11.1 Å². The largest absolute Gasteiger partial charge is 0.392 e. The molecule has 0 aliphatic carbocycles. The van der Waals surface area contributed by atoms with Gasteiger partial charge in [0.2, 0.25) is 0 Å². The van der Waals surface area contributed by atoms with Gasteiger partial charge in [-0.15, -0.1) is 0 Å². The first-order valence-electron chi connectivity index (χ1n) is 3.10. The minimum absolute atomic E-state index is 0.0619. The summed E-state index contributed by atoms with van der Waals surface area (Å²) >= 11 is 5.68. The van der Waals surface area contributed by atoms with Crippen LogP contribution in [-0.2, 0) is 6.61 Å². The van der Waals surface area contributed by atoms with E-state index in [0.717, 1.165) is 11.1 Å². The fourth-order valence-electron chi connectivity index (χ4n) is 0.810. The topological polar surface area (TPSA) is 20.2 Å². The summed E-state index contributed by atoms with van der Waals surface area (Å²) in [7, 11) is 0. The fourth-order valence-corrected chi connectivity index (χ4v) is 1.01. The second-order valence-corrected chi connectivity index (χ2v) is 2.67. The maximum Gasteiger partial charge on any atom is 0.0684 e. The molecule has 54 valence electrons. The summed E-state index contributed by atoms with van der Waals surface area (Å²) < 4.78 is 0. The van der Waals surface area contributed by atoms with Crippen LogP contribution >= 0.6 is 11.6 Å². The Balaban J connectivity index is 3.09. The third-order valence-corrected chi connectivity index (χ3v) is 1.72. The van der Waals surface area contributed by atoms with Crippen molar-refractivity contribution in [2.75, 3.05) is 0 Å². The van der Waals surface area contributed by atoms with Gasteiger partial charge in [-0.25, -0.2) is 0 Å². The standard InChI is InChI=1S/C8H9ClO/c1-6-2-3-8(9)4-7(6)5-10/h2-4,10H,5H2,1H3. The minimum atomic E-state index is 0.0619. The van der Waals surface area contributed by atoms with E-state index in [0.29, 0.717) is 5.02 Å². The first-order valence-corrected chi connectivity index (χ1v) is 3.47. The van der Waals surface area contributed by atoms with E-state index in [1.165, 1.54) is 0 Å². The van der Waals surface area contributed by atoms with Crippen molar-refractivity contribution in [2.24, 2.45) is 0 Å². The number of aliphatic hydroxyl groups excluding tert-OH is 1. The van der Waals surface area contributed by atoms with Crippen molar-refractivity contribution in [1.82, 2.24) is 0 Å². The number of hydrogen-bond acceptors (Lipinski definition) is 1. The molecule has 10 heavy (non-hydrogen) atoms. The highest BCUT2D eigenvalue weighted by molar-refractivity contribution is 6.30. The molecule has 1 aromatic carbocycles. The molecule has 0 radical (unpaired) electrons. The van der Waals surface area contributed by atoms with Gasteiger partial charge >= 0.3 is 0 Å². The van der Waals surface area contributed by atoms with Gasteiger partial charge in [-0.1, -0.05) is 17.7 Å². The molecule has 0 unspecified atom stereocenters. The van der Waals surface area contributed by atoms with Gasteiger partial charge < -0.3 is 5.11 Å². The summed E-state index contributed by atoms with van der Waals surface area (Å²) in [6, 6.07) is 5.49. The molecule has 0 atom stereocenters. The van der Waals surface area contributed by atoms with Gasteiger partial charge in [-0.2, -0.15) is 0 Å². The smallest absolute Gasteiger partial charge is 0.0684 e. The van der Waals surface area contributed by atoms with Crippen molar-refractivity contribution < 1.29 is 5.11 Å². The van der Waals surface area contributed by atoms with Gasteiger partial charge in [-0.3, -0.25) is 0 Å². The zero-order valence-electron chi connectivity index (χ0n) is 5.76. The highest BCUT2D eigenvalue weighted by atomic mass is 35.5. The molecule has 1 aromatic rings. The van der Waals surface area contributed by atoms with Gasteiger partial charge in [0.15, 0.2) is 0 Å². The molecular weight excluding hydrogens is 148 g/mol. The Bertz CT molecular complexity index is 233. The SMILES string of the molecule is Cc1ccc(Cl)cc1CO. The van der Waals surface area contributed by atoms with Crippen LogP contribution in [0.15, 0.2) is 18.2 Å². The number of benzene rings is 1. The monoisotopic (exact) mass is 156 g/mol. The van der Waals surface area contributed by atoms with Crippen molar-refractivity contribution >= 4 is 11.6 Å². The summed E-state index contributed by atoms with van der Waals surface area (Å²) in [6.07, 6.45) is 0. The van der Waals surface area contributed by atoms with Crippen LogP contribution in [0.25, 0.3) is 0 Å². The van der Waals surface area contributed by atoms with Gasteiger partial charge in [0.05, 0.1) is 6.61 Å². The van der Waals surface area contributed by atoms with Gasteiger partial charge in [0.1, 0.15) is 0 Å². The summed E-state index contributed by atoms with van der Waals surface area (Å²) in [5, 5.41) is 9.46. The van der Waals surface area contributed by atoms with E-state index in [2.05, 4.69) is 0 Å². The third-order valence-electron chi connectivity index (χ3n) is 1.48. The Kier molecular flexibility index (Phi) is 2.30. The molecule has 2 heteroatoms. The average molecular weight is 157 g/mol. The van der Waals surface area contributed by atoms with Crippen LogP contribution in [0, 0.1) is 6.92 Å². The molecule has 0 heterocycles.